The van der Waals surface area contributed by atoms with E-state index in [0.29, 0.717) is 5.56 Å². The molecule has 0 radical (unpaired) electrons. The van der Waals surface area contributed by atoms with Crippen molar-refractivity contribution in [1.82, 2.24) is 10.4 Å². The highest BCUT2D eigenvalue weighted by Crippen LogP contribution is 2.49. The van der Waals surface area contributed by atoms with Crippen molar-refractivity contribution in [1.29, 1.82) is 0 Å². The SMILES string of the molecule is O=C(NN1C(=O)[C@@H]2C3C=CC(CC3)[C@@H]2C1=O)c1ccc(Br)cc1. The van der Waals surface area contributed by atoms with E-state index in [2.05, 4.69) is 33.5 Å². The molecule has 4 aliphatic rings. The first-order chi connectivity index (χ1) is 11.1. The molecular weight excluding hydrogens is 360 g/mol. The Labute approximate surface area is 141 Å². The second-order valence-electron chi connectivity index (χ2n) is 6.30. The second kappa shape index (κ2) is 5.30. The van der Waals surface area contributed by atoms with Crippen molar-refractivity contribution in [3.8, 4) is 0 Å². The monoisotopic (exact) mass is 374 g/mol. The molecule has 1 aromatic rings. The zero-order chi connectivity index (χ0) is 16.1. The number of hydrogen-bond acceptors (Lipinski definition) is 3. The van der Waals surface area contributed by atoms with Crippen LogP contribution in [0.5, 0.6) is 0 Å². The Morgan fingerprint density at radius 1 is 1.00 bits per heavy atom. The van der Waals surface area contributed by atoms with Gasteiger partial charge in [-0.2, -0.15) is 5.01 Å². The number of amides is 3. The summed E-state index contributed by atoms with van der Waals surface area (Å²) in [6.07, 6.45) is 5.99. The van der Waals surface area contributed by atoms with E-state index in [1.165, 1.54) is 0 Å². The van der Waals surface area contributed by atoms with Crippen molar-refractivity contribution < 1.29 is 14.4 Å². The topological polar surface area (TPSA) is 66.5 Å². The third-order valence-corrected chi connectivity index (χ3v) is 5.61. The molecule has 2 bridgehead atoms. The number of carbonyl (C=O) groups excluding carboxylic acids is 3. The second-order valence-corrected chi connectivity index (χ2v) is 7.22. The summed E-state index contributed by atoms with van der Waals surface area (Å²) < 4.78 is 0.857. The molecule has 1 heterocycles. The molecule has 1 saturated heterocycles. The summed E-state index contributed by atoms with van der Waals surface area (Å²) in [7, 11) is 0. The highest BCUT2D eigenvalue weighted by Gasteiger charge is 2.57. The average molecular weight is 375 g/mol. The van der Waals surface area contributed by atoms with Crippen LogP contribution >= 0.6 is 15.9 Å². The lowest BCUT2D eigenvalue weighted by Gasteiger charge is -2.37. The summed E-state index contributed by atoms with van der Waals surface area (Å²) in [5.41, 5.74) is 2.90. The molecule has 1 aromatic carbocycles. The number of imide groups is 1. The molecule has 2 unspecified atom stereocenters. The fourth-order valence-corrected chi connectivity index (χ4v) is 4.22. The molecule has 1 aliphatic heterocycles. The van der Waals surface area contributed by atoms with E-state index in [0.717, 1.165) is 22.3 Å². The van der Waals surface area contributed by atoms with E-state index in [1.807, 2.05) is 0 Å². The number of hydrogen-bond donors (Lipinski definition) is 1. The molecule has 3 amide bonds. The largest absolute Gasteiger partial charge is 0.272 e. The van der Waals surface area contributed by atoms with Gasteiger partial charge in [-0.25, -0.2) is 0 Å². The Morgan fingerprint density at radius 2 is 1.52 bits per heavy atom. The first kappa shape index (κ1) is 14.6. The van der Waals surface area contributed by atoms with Gasteiger partial charge >= 0.3 is 0 Å². The average Bonchev–Trinajstić information content (AvgIpc) is 2.83. The molecule has 1 saturated carbocycles. The van der Waals surface area contributed by atoms with Crippen LogP contribution in [-0.2, 0) is 9.59 Å². The fourth-order valence-electron chi connectivity index (χ4n) is 3.95. The molecule has 23 heavy (non-hydrogen) atoms. The summed E-state index contributed by atoms with van der Waals surface area (Å²) in [6.45, 7) is 0. The van der Waals surface area contributed by atoms with Gasteiger partial charge in [-0.3, -0.25) is 19.8 Å². The summed E-state index contributed by atoms with van der Waals surface area (Å²) in [5.74, 6) is -1.37. The van der Waals surface area contributed by atoms with Gasteiger partial charge in [0.1, 0.15) is 0 Å². The van der Waals surface area contributed by atoms with Crippen molar-refractivity contribution in [2.45, 2.75) is 12.8 Å². The molecule has 2 fully saturated rings. The fraction of sp³-hybridized carbons (Fsp3) is 0.353. The quantitative estimate of drug-likeness (QED) is 0.637. The van der Waals surface area contributed by atoms with Gasteiger partial charge in [-0.05, 0) is 48.9 Å². The van der Waals surface area contributed by atoms with Gasteiger partial charge < -0.3 is 0 Å². The van der Waals surface area contributed by atoms with Crippen LogP contribution in [0.4, 0.5) is 0 Å². The summed E-state index contributed by atoms with van der Waals surface area (Å²) in [4.78, 5) is 37.5. The van der Waals surface area contributed by atoms with Crippen LogP contribution < -0.4 is 5.43 Å². The van der Waals surface area contributed by atoms with E-state index < -0.39 is 5.91 Å². The van der Waals surface area contributed by atoms with E-state index in [-0.39, 0.29) is 35.5 Å². The highest BCUT2D eigenvalue weighted by molar-refractivity contribution is 9.10. The van der Waals surface area contributed by atoms with Gasteiger partial charge in [0.2, 0.25) is 0 Å². The smallest absolute Gasteiger partial charge is 0.270 e. The van der Waals surface area contributed by atoms with Crippen LogP contribution in [0.25, 0.3) is 0 Å². The molecule has 1 N–H and O–H groups in total. The van der Waals surface area contributed by atoms with Gasteiger partial charge in [-0.1, -0.05) is 28.1 Å². The van der Waals surface area contributed by atoms with Gasteiger partial charge in [-0.15, -0.1) is 0 Å². The molecule has 4 atom stereocenters. The number of fused-ring (bicyclic) bond motifs is 1. The first-order valence-corrected chi connectivity index (χ1v) is 8.48. The van der Waals surface area contributed by atoms with E-state index >= 15 is 0 Å². The van der Waals surface area contributed by atoms with Crippen LogP contribution in [0.3, 0.4) is 0 Å². The number of nitrogens with zero attached hydrogens (tertiary/aromatic N) is 1. The Bertz CT molecular complexity index is 696. The number of halogens is 1. The predicted molar refractivity (Wildman–Crippen MR) is 85.8 cm³/mol. The van der Waals surface area contributed by atoms with Gasteiger partial charge in [0.15, 0.2) is 0 Å². The molecule has 0 aromatic heterocycles. The van der Waals surface area contributed by atoms with Crippen molar-refractivity contribution in [3.05, 3.63) is 46.5 Å². The zero-order valence-electron chi connectivity index (χ0n) is 12.2. The highest BCUT2D eigenvalue weighted by atomic mass is 79.9. The first-order valence-electron chi connectivity index (χ1n) is 7.69. The molecule has 6 heteroatoms. The maximum atomic E-state index is 12.6. The summed E-state index contributed by atoms with van der Waals surface area (Å²) >= 11 is 3.31. The molecule has 0 spiro atoms. The third kappa shape index (κ3) is 2.24. The molecule has 3 aliphatic carbocycles. The minimum Gasteiger partial charge on any atom is -0.272 e. The van der Waals surface area contributed by atoms with Crippen LogP contribution in [0.1, 0.15) is 23.2 Å². The minimum atomic E-state index is -0.446. The van der Waals surface area contributed by atoms with Crippen molar-refractivity contribution in [2.24, 2.45) is 23.7 Å². The maximum Gasteiger partial charge on any atom is 0.270 e. The third-order valence-electron chi connectivity index (χ3n) is 5.08. The Hall–Kier alpha value is -1.95. The molecular formula is C17H15BrN2O3. The number of hydrazine groups is 1. The number of carbonyl (C=O) groups is 3. The molecule has 5 rings (SSSR count). The Kier molecular flexibility index (Phi) is 3.37. The number of benzene rings is 1. The van der Waals surface area contributed by atoms with Crippen molar-refractivity contribution >= 4 is 33.7 Å². The van der Waals surface area contributed by atoms with E-state index in [9.17, 15) is 14.4 Å². The van der Waals surface area contributed by atoms with Crippen LogP contribution in [0, 0.1) is 23.7 Å². The summed E-state index contributed by atoms with van der Waals surface area (Å²) in [5, 5.41) is 0.942. The van der Waals surface area contributed by atoms with Gasteiger partial charge in [0, 0.05) is 10.0 Å². The number of rotatable bonds is 2. The Balaban J connectivity index is 1.56. The van der Waals surface area contributed by atoms with Crippen molar-refractivity contribution in [3.63, 3.8) is 0 Å². The van der Waals surface area contributed by atoms with Gasteiger partial charge in [0.25, 0.3) is 17.7 Å². The lowest BCUT2D eigenvalue weighted by atomic mass is 9.63. The number of nitrogens with one attached hydrogen (secondary N) is 1. The zero-order valence-corrected chi connectivity index (χ0v) is 13.8. The lowest BCUT2D eigenvalue weighted by molar-refractivity contribution is -0.143. The van der Waals surface area contributed by atoms with E-state index in [1.54, 1.807) is 24.3 Å². The Morgan fingerprint density at radius 3 is 2.00 bits per heavy atom. The van der Waals surface area contributed by atoms with E-state index in [4.69, 9.17) is 0 Å². The number of allylic oxidation sites excluding steroid dienone is 2. The lowest BCUT2D eigenvalue weighted by Crippen LogP contribution is -2.46. The van der Waals surface area contributed by atoms with Crippen LogP contribution in [0.15, 0.2) is 40.9 Å². The van der Waals surface area contributed by atoms with Crippen molar-refractivity contribution in [2.75, 3.05) is 0 Å². The standard InChI is InChI=1S/C17H15BrN2O3/c18-12-7-5-11(6-8-12)15(21)19-20-16(22)13-9-1-2-10(4-3-9)14(13)17(20)23/h1-2,5-10,13-14H,3-4H2,(H,19,21)/t9?,10?,13-,14+. The van der Waals surface area contributed by atoms with Crippen LogP contribution in [0.2, 0.25) is 0 Å². The van der Waals surface area contributed by atoms with Crippen LogP contribution in [-0.4, -0.2) is 22.7 Å². The summed E-state index contributed by atoms with van der Waals surface area (Å²) in [6, 6.07) is 6.77. The normalized spacial score (nSPS) is 31.4. The minimum absolute atomic E-state index is 0.121. The predicted octanol–water partition coefficient (Wildman–Crippen LogP) is 2.29. The molecule has 118 valence electrons. The van der Waals surface area contributed by atoms with Gasteiger partial charge in [0.05, 0.1) is 11.8 Å². The molecule has 5 nitrogen and oxygen atoms in total. The maximum absolute atomic E-state index is 12.6.